The van der Waals surface area contributed by atoms with Crippen molar-refractivity contribution in [3.8, 4) is 0 Å². The Balaban J connectivity index is 3.21. The molecule has 0 fully saturated rings. The maximum atomic E-state index is 12.4. The molecular weight excluding hydrogens is 388 g/mol. The minimum Gasteiger partial charge on any atom is -0.351 e. The zero-order valence-electron chi connectivity index (χ0n) is 20.3. The summed E-state index contributed by atoms with van der Waals surface area (Å²) in [6, 6.07) is 4.81. The van der Waals surface area contributed by atoms with Gasteiger partial charge in [-0.1, -0.05) is 72.3 Å². The number of unbranched alkanes of at least 4 members (excludes halogenated alkanes) is 2. The van der Waals surface area contributed by atoms with E-state index in [4.69, 9.17) is 11.5 Å². The lowest BCUT2D eigenvalue weighted by atomic mass is 9.97. The lowest BCUT2D eigenvalue weighted by Gasteiger charge is -2.30. The number of aryl methyl sites for hydroxylation is 1. The van der Waals surface area contributed by atoms with Crippen LogP contribution in [-0.4, -0.2) is 25.2 Å². The standard InChI is InChI=1S/C25H44N4O2/c1-6-10-12-20(8-3)17-28(24(26)30)22-15-14-19(5)23(16-22)29(25(27)31)18-21(9-4)13-11-7-2/h14-16,20-21H,6-13,17-18H2,1-5H3,(H2,26,30)(H2,27,31). The molecule has 0 aliphatic rings. The van der Waals surface area contributed by atoms with Crippen molar-refractivity contribution in [2.45, 2.75) is 86.0 Å². The Morgan fingerprint density at radius 3 is 1.74 bits per heavy atom. The van der Waals surface area contributed by atoms with Crippen LogP contribution in [0.5, 0.6) is 0 Å². The molecule has 4 amide bonds. The first kappa shape index (κ1) is 26.8. The average Bonchev–Trinajstić information content (AvgIpc) is 2.74. The third-order valence-electron chi connectivity index (χ3n) is 6.30. The minimum atomic E-state index is -0.468. The Morgan fingerprint density at radius 1 is 0.839 bits per heavy atom. The molecule has 0 aliphatic heterocycles. The van der Waals surface area contributed by atoms with Gasteiger partial charge in [0.1, 0.15) is 0 Å². The second-order valence-electron chi connectivity index (χ2n) is 8.70. The van der Waals surface area contributed by atoms with E-state index < -0.39 is 12.1 Å². The van der Waals surface area contributed by atoms with Crippen LogP contribution in [0.4, 0.5) is 21.0 Å². The lowest BCUT2D eigenvalue weighted by Crippen LogP contribution is -2.41. The van der Waals surface area contributed by atoms with E-state index in [-0.39, 0.29) is 0 Å². The van der Waals surface area contributed by atoms with Crippen molar-refractivity contribution < 1.29 is 9.59 Å². The number of amides is 4. The Hall–Kier alpha value is -2.24. The molecule has 2 unspecified atom stereocenters. The first-order valence-electron chi connectivity index (χ1n) is 12.0. The number of carbonyl (C=O) groups is 2. The summed E-state index contributed by atoms with van der Waals surface area (Å²) in [4.78, 5) is 28.0. The van der Waals surface area contributed by atoms with Crippen molar-refractivity contribution in [1.29, 1.82) is 0 Å². The Morgan fingerprint density at radius 2 is 1.32 bits per heavy atom. The third-order valence-corrected chi connectivity index (χ3v) is 6.30. The highest BCUT2D eigenvalue weighted by Crippen LogP contribution is 2.29. The molecule has 0 heterocycles. The van der Waals surface area contributed by atoms with Gasteiger partial charge in [-0.05, 0) is 49.3 Å². The minimum absolute atomic E-state index is 0.390. The van der Waals surface area contributed by atoms with E-state index >= 15 is 0 Å². The fourth-order valence-corrected chi connectivity index (χ4v) is 4.04. The fourth-order valence-electron chi connectivity index (χ4n) is 4.04. The van der Waals surface area contributed by atoms with Gasteiger partial charge in [-0.25, -0.2) is 9.59 Å². The van der Waals surface area contributed by atoms with E-state index in [1.54, 1.807) is 9.80 Å². The van der Waals surface area contributed by atoms with Crippen LogP contribution < -0.4 is 21.3 Å². The summed E-state index contributed by atoms with van der Waals surface area (Å²) < 4.78 is 0. The summed E-state index contributed by atoms with van der Waals surface area (Å²) in [6.45, 7) is 11.8. The predicted molar refractivity (Wildman–Crippen MR) is 132 cm³/mol. The Labute approximate surface area is 189 Å². The summed E-state index contributed by atoms with van der Waals surface area (Å²) in [5.41, 5.74) is 14.0. The molecule has 0 radical (unpaired) electrons. The van der Waals surface area contributed by atoms with Gasteiger partial charge in [0.25, 0.3) is 0 Å². The Kier molecular flexibility index (Phi) is 12.1. The third kappa shape index (κ3) is 8.42. The van der Waals surface area contributed by atoms with Gasteiger partial charge in [0.2, 0.25) is 0 Å². The molecule has 0 saturated heterocycles. The van der Waals surface area contributed by atoms with E-state index in [1.807, 2.05) is 25.1 Å². The van der Waals surface area contributed by atoms with Crippen LogP contribution in [-0.2, 0) is 0 Å². The smallest absolute Gasteiger partial charge is 0.319 e. The molecule has 1 aromatic rings. The number of hydrogen-bond acceptors (Lipinski definition) is 2. The Bertz CT molecular complexity index is 692. The topological polar surface area (TPSA) is 92.7 Å². The molecular formula is C25H44N4O2. The van der Waals surface area contributed by atoms with E-state index in [9.17, 15) is 9.59 Å². The van der Waals surface area contributed by atoms with E-state index in [0.717, 1.165) is 68.3 Å². The van der Waals surface area contributed by atoms with Crippen molar-refractivity contribution in [3.05, 3.63) is 23.8 Å². The van der Waals surface area contributed by atoms with Crippen molar-refractivity contribution in [2.24, 2.45) is 23.3 Å². The predicted octanol–water partition coefficient (Wildman–Crippen LogP) is 6.20. The first-order valence-corrected chi connectivity index (χ1v) is 12.0. The van der Waals surface area contributed by atoms with Gasteiger partial charge in [-0.2, -0.15) is 0 Å². The van der Waals surface area contributed by atoms with Crippen LogP contribution in [0, 0.1) is 18.8 Å². The highest BCUT2D eigenvalue weighted by Gasteiger charge is 2.23. The second kappa shape index (κ2) is 13.9. The summed E-state index contributed by atoms with van der Waals surface area (Å²) in [5, 5.41) is 0. The quantitative estimate of drug-likeness (QED) is 0.366. The second-order valence-corrected chi connectivity index (χ2v) is 8.70. The van der Waals surface area contributed by atoms with Crippen LogP contribution in [0.3, 0.4) is 0 Å². The largest absolute Gasteiger partial charge is 0.351 e. The van der Waals surface area contributed by atoms with Gasteiger partial charge >= 0.3 is 12.1 Å². The average molecular weight is 433 g/mol. The van der Waals surface area contributed by atoms with Crippen LogP contribution in [0.25, 0.3) is 0 Å². The van der Waals surface area contributed by atoms with Gasteiger partial charge in [0, 0.05) is 18.8 Å². The summed E-state index contributed by atoms with van der Waals surface area (Å²) in [7, 11) is 0. The fraction of sp³-hybridized carbons (Fsp3) is 0.680. The summed E-state index contributed by atoms with van der Waals surface area (Å²) in [6.07, 6.45) is 8.65. The molecule has 4 N–H and O–H groups in total. The highest BCUT2D eigenvalue weighted by molar-refractivity contribution is 5.95. The number of benzene rings is 1. The number of primary amides is 2. The summed E-state index contributed by atoms with van der Waals surface area (Å²) in [5.74, 6) is 0.782. The molecule has 31 heavy (non-hydrogen) atoms. The molecule has 0 aliphatic carbocycles. The maximum absolute atomic E-state index is 12.4. The van der Waals surface area contributed by atoms with Gasteiger partial charge in [-0.15, -0.1) is 0 Å². The van der Waals surface area contributed by atoms with Crippen LogP contribution >= 0.6 is 0 Å². The highest BCUT2D eigenvalue weighted by atomic mass is 16.2. The van der Waals surface area contributed by atoms with Gasteiger partial charge < -0.3 is 11.5 Å². The van der Waals surface area contributed by atoms with Gasteiger partial charge in [0.05, 0.1) is 5.69 Å². The van der Waals surface area contributed by atoms with Crippen LogP contribution in [0.1, 0.15) is 84.6 Å². The van der Waals surface area contributed by atoms with Crippen molar-refractivity contribution in [3.63, 3.8) is 0 Å². The maximum Gasteiger partial charge on any atom is 0.319 e. The van der Waals surface area contributed by atoms with E-state index in [1.165, 1.54) is 0 Å². The molecule has 0 bridgehead atoms. The number of anilines is 2. The molecule has 6 nitrogen and oxygen atoms in total. The number of hydrogen-bond donors (Lipinski definition) is 2. The number of carbonyl (C=O) groups excluding carboxylic acids is 2. The van der Waals surface area contributed by atoms with Crippen LogP contribution in [0.15, 0.2) is 18.2 Å². The molecule has 1 aromatic carbocycles. The molecule has 2 atom stereocenters. The zero-order valence-corrected chi connectivity index (χ0v) is 20.3. The number of rotatable bonds is 14. The van der Waals surface area contributed by atoms with Crippen LogP contribution in [0.2, 0.25) is 0 Å². The van der Waals surface area contributed by atoms with Crippen molar-refractivity contribution in [1.82, 2.24) is 0 Å². The molecule has 1 rings (SSSR count). The molecule has 0 spiro atoms. The molecule has 0 aromatic heterocycles. The van der Waals surface area contributed by atoms with Gasteiger partial charge in [0.15, 0.2) is 0 Å². The van der Waals surface area contributed by atoms with E-state index in [0.29, 0.717) is 24.9 Å². The van der Waals surface area contributed by atoms with Crippen molar-refractivity contribution >= 4 is 23.4 Å². The van der Waals surface area contributed by atoms with Gasteiger partial charge in [-0.3, -0.25) is 9.80 Å². The van der Waals surface area contributed by atoms with Crippen molar-refractivity contribution in [2.75, 3.05) is 22.9 Å². The molecule has 176 valence electrons. The summed E-state index contributed by atoms with van der Waals surface area (Å²) >= 11 is 0. The van der Waals surface area contributed by atoms with E-state index in [2.05, 4.69) is 27.7 Å². The lowest BCUT2D eigenvalue weighted by molar-refractivity contribution is 0.251. The molecule has 0 saturated carbocycles. The number of nitrogens with two attached hydrogens (primary N) is 2. The monoisotopic (exact) mass is 432 g/mol. The number of nitrogens with zero attached hydrogens (tertiary/aromatic N) is 2. The zero-order chi connectivity index (χ0) is 23.4. The molecule has 6 heteroatoms. The normalized spacial score (nSPS) is 12.9. The number of urea groups is 2. The first-order chi connectivity index (χ1) is 14.8. The SMILES string of the molecule is CCCCC(CC)CN(C(N)=O)c1ccc(C)c(N(CC(CC)CCCC)C(N)=O)c1.